The Hall–Kier alpha value is -0.760. The van der Waals surface area contributed by atoms with Crippen molar-refractivity contribution in [1.82, 2.24) is 0 Å². The van der Waals surface area contributed by atoms with Gasteiger partial charge in [0.2, 0.25) is 0 Å². The van der Waals surface area contributed by atoms with Crippen LogP contribution in [0.15, 0.2) is 23.7 Å². The highest BCUT2D eigenvalue weighted by molar-refractivity contribution is 7.10. The molecule has 2 N–H and O–H groups in total. The lowest BCUT2D eigenvalue weighted by atomic mass is 9.94. The maximum atomic E-state index is 5.82. The lowest BCUT2D eigenvalue weighted by Gasteiger charge is -2.14. The molecule has 0 fully saturated rings. The van der Waals surface area contributed by atoms with E-state index in [4.69, 9.17) is 5.73 Å². The second-order valence-electron chi connectivity index (χ2n) is 3.67. The number of hydrogen-bond acceptors (Lipinski definition) is 2. The van der Waals surface area contributed by atoms with E-state index in [1.54, 1.807) is 0 Å². The van der Waals surface area contributed by atoms with Crippen LogP contribution in [-0.2, 0) is 6.42 Å². The van der Waals surface area contributed by atoms with Gasteiger partial charge >= 0.3 is 0 Å². The molecule has 70 valence electrons. The van der Waals surface area contributed by atoms with Crippen molar-refractivity contribution < 1.29 is 0 Å². The molecule has 0 spiro atoms. The number of rotatable bonds is 1. The summed E-state index contributed by atoms with van der Waals surface area (Å²) >= 11 is 1.86. The molecular formula is C11H15NS. The van der Waals surface area contributed by atoms with Crippen LogP contribution in [0.5, 0.6) is 0 Å². The monoisotopic (exact) mass is 193 g/mol. The van der Waals surface area contributed by atoms with Crippen LogP contribution in [0.1, 0.15) is 35.6 Å². The normalized spacial score (nSPS) is 22.0. The Kier molecular flexibility index (Phi) is 2.40. The molecular weight excluding hydrogens is 178 g/mol. The second kappa shape index (κ2) is 3.54. The van der Waals surface area contributed by atoms with Crippen LogP contribution in [0.2, 0.25) is 0 Å². The second-order valence-corrected chi connectivity index (χ2v) is 4.67. The van der Waals surface area contributed by atoms with Gasteiger partial charge in [0, 0.05) is 16.5 Å². The van der Waals surface area contributed by atoms with Crippen molar-refractivity contribution in [2.75, 3.05) is 0 Å². The van der Waals surface area contributed by atoms with Crippen molar-refractivity contribution in [3.05, 3.63) is 34.2 Å². The molecule has 1 aliphatic rings. The molecule has 0 radical (unpaired) electrons. The van der Waals surface area contributed by atoms with E-state index in [-0.39, 0.29) is 0 Å². The zero-order chi connectivity index (χ0) is 9.26. The van der Waals surface area contributed by atoms with Gasteiger partial charge in [0.15, 0.2) is 0 Å². The van der Waals surface area contributed by atoms with Gasteiger partial charge in [-0.05, 0) is 36.3 Å². The maximum absolute atomic E-state index is 5.82. The molecule has 0 saturated carbocycles. The summed E-state index contributed by atoms with van der Waals surface area (Å²) in [4.78, 5) is 1.52. The fourth-order valence-corrected chi connectivity index (χ4v) is 3.03. The van der Waals surface area contributed by atoms with Gasteiger partial charge < -0.3 is 5.73 Å². The molecule has 1 aromatic rings. The van der Waals surface area contributed by atoms with E-state index in [0.29, 0.717) is 5.92 Å². The fraction of sp³-hybridized carbons (Fsp3) is 0.455. The minimum absolute atomic E-state index is 0.420. The highest BCUT2D eigenvalue weighted by Crippen LogP contribution is 2.35. The zero-order valence-corrected chi connectivity index (χ0v) is 8.57. The minimum atomic E-state index is 0.420. The third kappa shape index (κ3) is 1.63. The molecule has 0 aromatic carbocycles. The van der Waals surface area contributed by atoms with E-state index in [9.17, 15) is 0 Å². The summed E-state index contributed by atoms with van der Waals surface area (Å²) < 4.78 is 0. The van der Waals surface area contributed by atoms with Crippen LogP contribution < -0.4 is 5.73 Å². The standard InChI is InChI=1S/C11H15NS/c1-8(12)9-4-2-3-5-11-10(9)6-7-13-11/h6-7,9H,1-5,12H2/t9-/m1/s1. The average molecular weight is 193 g/mol. The van der Waals surface area contributed by atoms with E-state index in [2.05, 4.69) is 18.0 Å². The summed E-state index contributed by atoms with van der Waals surface area (Å²) in [5.41, 5.74) is 8.10. The molecule has 1 aromatic heterocycles. The summed E-state index contributed by atoms with van der Waals surface area (Å²) in [7, 11) is 0. The Labute approximate surface area is 83.3 Å². The molecule has 0 unspecified atom stereocenters. The van der Waals surface area contributed by atoms with Crippen molar-refractivity contribution in [3.63, 3.8) is 0 Å². The SMILES string of the molecule is C=C(N)[C@H]1CCCCc2sccc21. The summed E-state index contributed by atoms with van der Waals surface area (Å²) in [6, 6.07) is 2.22. The van der Waals surface area contributed by atoms with Gasteiger partial charge in [0.25, 0.3) is 0 Å². The first-order chi connectivity index (χ1) is 6.29. The Morgan fingerprint density at radius 3 is 3.15 bits per heavy atom. The molecule has 0 bridgehead atoms. The van der Waals surface area contributed by atoms with E-state index >= 15 is 0 Å². The summed E-state index contributed by atoms with van der Waals surface area (Å²) in [5, 5.41) is 2.17. The number of hydrogen-bond donors (Lipinski definition) is 1. The smallest absolute Gasteiger partial charge is 0.0240 e. The summed E-state index contributed by atoms with van der Waals surface area (Å²) in [6.07, 6.45) is 5.00. The van der Waals surface area contributed by atoms with Gasteiger partial charge in [-0.15, -0.1) is 11.3 Å². The highest BCUT2D eigenvalue weighted by atomic mass is 32.1. The lowest BCUT2D eigenvalue weighted by Crippen LogP contribution is -2.08. The predicted molar refractivity (Wildman–Crippen MR) is 57.9 cm³/mol. The predicted octanol–water partition coefficient (Wildman–Crippen LogP) is 3.03. The quantitative estimate of drug-likeness (QED) is 0.682. The fourth-order valence-electron chi connectivity index (χ4n) is 2.04. The van der Waals surface area contributed by atoms with E-state index in [1.165, 1.54) is 36.1 Å². The van der Waals surface area contributed by atoms with Crippen molar-refractivity contribution >= 4 is 11.3 Å². The number of fused-ring (bicyclic) bond motifs is 1. The van der Waals surface area contributed by atoms with Gasteiger partial charge in [-0.2, -0.15) is 0 Å². The summed E-state index contributed by atoms with van der Waals surface area (Å²) in [6.45, 7) is 3.88. The first kappa shape index (κ1) is 8.82. The zero-order valence-electron chi connectivity index (χ0n) is 7.75. The highest BCUT2D eigenvalue weighted by Gasteiger charge is 2.20. The molecule has 2 rings (SSSR count). The number of thiophene rings is 1. The Morgan fingerprint density at radius 1 is 1.54 bits per heavy atom. The van der Waals surface area contributed by atoms with E-state index in [1.807, 2.05) is 11.3 Å². The van der Waals surface area contributed by atoms with Crippen molar-refractivity contribution in [2.24, 2.45) is 5.73 Å². The largest absolute Gasteiger partial charge is 0.402 e. The number of aryl methyl sites for hydroxylation is 1. The van der Waals surface area contributed by atoms with Gasteiger partial charge in [-0.1, -0.05) is 13.0 Å². The van der Waals surface area contributed by atoms with Crippen LogP contribution in [0, 0.1) is 0 Å². The van der Waals surface area contributed by atoms with Gasteiger partial charge in [-0.3, -0.25) is 0 Å². The van der Waals surface area contributed by atoms with Gasteiger partial charge in [-0.25, -0.2) is 0 Å². The molecule has 13 heavy (non-hydrogen) atoms. The van der Waals surface area contributed by atoms with Crippen LogP contribution in [0.25, 0.3) is 0 Å². The Balaban J connectivity index is 2.36. The van der Waals surface area contributed by atoms with Crippen molar-refractivity contribution in [3.8, 4) is 0 Å². The molecule has 1 atom stereocenters. The Morgan fingerprint density at radius 2 is 2.38 bits per heavy atom. The van der Waals surface area contributed by atoms with Crippen LogP contribution in [0.3, 0.4) is 0 Å². The van der Waals surface area contributed by atoms with E-state index in [0.717, 1.165) is 5.70 Å². The number of nitrogens with two attached hydrogens (primary N) is 1. The number of allylic oxidation sites excluding steroid dienone is 1. The third-order valence-electron chi connectivity index (χ3n) is 2.75. The molecule has 1 aliphatic carbocycles. The van der Waals surface area contributed by atoms with Gasteiger partial charge in [0.05, 0.1) is 0 Å². The third-order valence-corrected chi connectivity index (χ3v) is 3.75. The molecule has 0 saturated heterocycles. The molecule has 2 heteroatoms. The lowest BCUT2D eigenvalue weighted by molar-refractivity contribution is 0.648. The molecule has 1 nitrogen and oxygen atoms in total. The van der Waals surface area contributed by atoms with Crippen LogP contribution in [-0.4, -0.2) is 0 Å². The minimum Gasteiger partial charge on any atom is -0.402 e. The van der Waals surface area contributed by atoms with Crippen molar-refractivity contribution in [2.45, 2.75) is 31.6 Å². The first-order valence-electron chi connectivity index (χ1n) is 4.79. The van der Waals surface area contributed by atoms with Gasteiger partial charge in [0.1, 0.15) is 0 Å². The van der Waals surface area contributed by atoms with Crippen molar-refractivity contribution in [1.29, 1.82) is 0 Å². The molecule has 0 amide bonds. The molecule has 0 aliphatic heterocycles. The van der Waals surface area contributed by atoms with Crippen LogP contribution >= 0.6 is 11.3 Å². The van der Waals surface area contributed by atoms with Crippen LogP contribution in [0.4, 0.5) is 0 Å². The first-order valence-corrected chi connectivity index (χ1v) is 5.67. The topological polar surface area (TPSA) is 26.0 Å². The summed E-state index contributed by atoms with van der Waals surface area (Å²) in [5.74, 6) is 0.420. The van der Waals surface area contributed by atoms with E-state index < -0.39 is 0 Å². The Bertz CT molecular complexity index is 314. The average Bonchev–Trinajstić information content (AvgIpc) is 2.44. The maximum Gasteiger partial charge on any atom is 0.0240 e. The molecule has 1 heterocycles.